The van der Waals surface area contributed by atoms with Gasteiger partial charge in [0.15, 0.2) is 0 Å². The zero-order chi connectivity index (χ0) is 21.3. The third kappa shape index (κ3) is 7.09. The van der Waals surface area contributed by atoms with Crippen molar-refractivity contribution in [3.05, 3.63) is 59.7 Å². The van der Waals surface area contributed by atoms with Crippen LogP contribution in [-0.4, -0.2) is 40.3 Å². The van der Waals surface area contributed by atoms with Crippen LogP contribution in [0, 0.1) is 0 Å². The van der Waals surface area contributed by atoms with Crippen LogP contribution in [0.3, 0.4) is 0 Å². The maximum absolute atomic E-state index is 12.4. The molecule has 0 bridgehead atoms. The summed E-state index contributed by atoms with van der Waals surface area (Å²) in [5.41, 5.74) is 2.61. The molecule has 0 spiro atoms. The van der Waals surface area contributed by atoms with Crippen LogP contribution in [0.2, 0.25) is 0 Å². The molecule has 0 saturated carbocycles. The lowest BCUT2D eigenvalue weighted by molar-refractivity contribution is -0.119. The number of anilines is 1. The Balaban J connectivity index is 1.89. The highest BCUT2D eigenvalue weighted by Crippen LogP contribution is 2.23. The van der Waals surface area contributed by atoms with E-state index >= 15 is 0 Å². The van der Waals surface area contributed by atoms with Crippen LogP contribution < -0.4 is 14.4 Å². The van der Waals surface area contributed by atoms with Gasteiger partial charge in [0.25, 0.3) is 0 Å². The van der Waals surface area contributed by atoms with Crippen molar-refractivity contribution in [1.82, 2.24) is 5.32 Å². The number of nitrogens with zero attached hydrogens (tertiary/aromatic N) is 1. The summed E-state index contributed by atoms with van der Waals surface area (Å²) < 4.78 is 31.1. The summed E-state index contributed by atoms with van der Waals surface area (Å²) in [5, 5.41) is 2.82. The van der Waals surface area contributed by atoms with E-state index in [0.29, 0.717) is 25.3 Å². The number of ether oxygens (including phenoxy) is 1. The third-order valence-corrected chi connectivity index (χ3v) is 5.65. The Morgan fingerprint density at radius 3 is 2.38 bits per heavy atom. The molecule has 2 aromatic carbocycles. The smallest absolute Gasteiger partial charge is 0.240 e. The largest absolute Gasteiger partial charge is 0.494 e. The van der Waals surface area contributed by atoms with Crippen LogP contribution in [0.5, 0.6) is 5.75 Å². The summed E-state index contributed by atoms with van der Waals surface area (Å²) in [6.45, 7) is 4.80. The molecular formula is C22H30N2O4S. The standard InChI is InChI=1S/C22H30N2O4S/c1-4-19-10-6-7-11-21(19)24(29(3,26)27)17-22(25)23-16-8-9-18-12-14-20(15-13-18)28-5-2/h6-7,10-15H,4-5,8-9,16-17H2,1-3H3,(H,23,25). The predicted octanol–water partition coefficient (Wildman–Crippen LogP) is 3.16. The van der Waals surface area contributed by atoms with Crippen LogP contribution in [0.25, 0.3) is 0 Å². The number of sulfonamides is 1. The van der Waals surface area contributed by atoms with E-state index in [2.05, 4.69) is 5.32 Å². The monoisotopic (exact) mass is 418 g/mol. The fraction of sp³-hybridized carbons (Fsp3) is 0.409. The minimum atomic E-state index is -3.57. The zero-order valence-corrected chi connectivity index (χ0v) is 18.2. The van der Waals surface area contributed by atoms with Crippen LogP contribution in [0.1, 0.15) is 31.4 Å². The van der Waals surface area contributed by atoms with Gasteiger partial charge >= 0.3 is 0 Å². The van der Waals surface area contributed by atoms with Crippen molar-refractivity contribution in [3.8, 4) is 5.75 Å². The van der Waals surface area contributed by atoms with E-state index in [9.17, 15) is 13.2 Å². The van der Waals surface area contributed by atoms with Gasteiger partial charge in [-0.15, -0.1) is 0 Å². The van der Waals surface area contributed by atoms with Gasteiger partial charge in [-0.05, 0) is 55.5 Å². The zero-order valence-electron chi connectivity index (χ0n) is 17.3. The molecule has 1 N–H and O–H groups in total. The van der Waals surface area contributed by atoms with E-state index in [0.717, 1.165) is 36.0 Å². The molecule has 0 saturated heterocycles. The molecule has 2 rings (SSSR count). The first kappa shape index (κ1) is 22.7. The maximum Gasteiger partial charge on any atom is 0.240 e. The van der Waals surface area contributed by atoms with Crippen LogP contribution in [0.15, 0.2) is 48.5 Å². The fourth-order valence-electron chi connectivity index (χ4n) is 3.06. The van der Waals surface area contributed by atoms with Crippen molar-refractivity contribution >= 4 is 21.6 Å². The highest BCUT2D eigenvalue weighted by Gasteiger charge is 2.22. The van der Waals surface area contributed by atoms with Gasteiger partial charge in [-0.25, -0.2) is 8.42 Å². The second-order valence-electron chi connectivity index (χ2n) is 6.78. The predicted molar refractivity (Wildman–Crippen MR) is 117 cm³/mol. The van der Waals surface area contributed by atoms with Gasteiger partial charge in [0.05, 0.1) is 18.6 Å². The lowest BCUT2D eigenvalue weighted by Crippen LogP contribution is -2.41. The van der Waals surface area contributed by atoms with Gasteiger partial charge in [0.2, 0.25) is 15.9 Å². The Kier molecular flexibility index (Phi) is 8.51. The molecule has 158 valence electrons. The molecule has 0 unspecified atom stereocenters. The fourth-order valence-corrected chi connectivity index (χ4v) is 3.95. The van der Waals surface area contributed by atoms with Crippen LogP contribution >= 0.6 is 0 Å². The van der Waals surface area contributed by atoms with Crippen molar-refractivity contribution in [2.45, 2.75) is 33.1 Å². The summed E-state index contributed by atoms with van der Waals surface area (Å²) in [7, 11) is -3.57. The SMILES string of the molecule is CCOc1ccc(CCCNC(=O)CN(c2ccccc2CC)S(C)(=O)=O)cc1. The number of amides is 1. The van der Waals surface area contributed by atoms with Crippen LogP contribution in [-0.2, 0) is 27.7 Å². The molecule has 29 heavy (non-hydrogen) atoms. The molecule has 0 aliphatic heterocycles. The molecule has 1 amide bonds. The maximum atomic E-state index is 12.4. The average Bonchev–Trinajstić information content (AvgIpc) is 2.70. The van der Waals surface area contributed by atoms with E-state index in [1.165, 1.54) is 4.31 Å². The van der Waals surface area contributed by atoms with Gasteiger partial charge in [0.1, 0.15) is 12.3 Å². The summed E-state index contributed by atoms with van der Waals surface area (Å²) >= 11 is 0. The van der Waals surface area contributed by atoms with Gasteiger partial charge in [-0.1, -0.05) is 37.3 Å². The first-order valence-electron chi connectivity index (χ1n) is 9.89. The van der Waals surface area contributed by atoms with Crippen molar-refractivity contribution in [2.24, 2.45) is 0 Å². The molecule has 0 aliphatic carbocycles. The number of benzene rings is 2. The molecule has 7 heteroatoms. The van der Waals surface area contributed by atoms with Gasteiger partial charge in [-0.3, -0.25) is 9.10 Å². The van der Waals surface area contributed by atoms with Crippen LogP contribution in [0.4, 0.5) is 5.69 Å². The Morgan fingerprint density at radius 2 is 1.76 bits per heavy atom. The van der Waals surface area contributed by atoms with Gasteiger partial charge in [0, 0.05) is 6.54 Å². The van der Waals surface area contributed by atoms with E-state index in [1.54, 1.807) is 12.1 Å². The summed E-state index contributed by atoms with van der Waals surface area (Å²) in [4.78, 5) is 12.4. The van der Waals surface area contributed by atoms with Crippen molar-refractivity contribution in [1.29, 1.82) is 0 Å². The number of nitrogens with one attached hydrogen (secondary N) is 1. The molecule has 0 fully saturated rings. The first-order chi connectivity index (χ1) is 13.8. The number of carbonyl (C=O) groups is 1. The number of hydrogen-bond acceptors (Lipinski definition) is 4. The Morgan fingerprint density at radius 1 is 1.07 bits per heavy atom. The van der Waals surface area contributed by atoms with E-state index in [-0.39, 0.29) is 12.5 Å². The van der Waals surface area contributed by atoms with Crippen molar-refractivity contribution in [3.63, 3.8) is 0 Å². The quantitative estimate of drug-likeness (QED) is 0.569. The Labute approximate surface area is 173 Å². The molecule has 0 aromatic heterocycles. The minimum absolute atomic E-state index is 0.223. The molecule has 6 nitrogen and oxygen atoms in total. The number of aryl methyl sites for hydroxylation is 2. The number of rotatable bonds is 11. The molecule has 0 radical (unpaired) electrons. The van der Waals surface area contributed by atoms with Gasteiger partial charge in [-0.2, -0.15) is 0 Å². The van der Waals surface area contributed by atoms with E-state index in [1.807, 2.05) is 50.2 Å². The average molecular weight is 419 g/mol. The van der Waals surface area contributed by atoms with Gasteiger partial charge < -0.3 is 10.1 Å². The summed E-state index contributed by atoms with van der Waals surface area (Å²) in [5.74, 6) is 0.533. The van der Waals surface area contributed by atoms with E-state index in [4.69, 9.17) is 4.74 Å². The van der Waals surface area contributed by atoms with Crippen molar-refractivity contribution in [2.75, 3.05) is 30.3 Å². The summed E-state index contributed by atoms with van der Waals surface area (Å²) in [6, 6.07) is 15.2. The Bertz CT molecular complexity index is 895. The topological polar surface area (TPSA) is 75.7 Å². The Hall–Kier alpha value is -2.54. The molecule has 0 aliphatic rings. The molecule has 0 atom stereocenters. The highest BCUT2D eigenvalue weighted by molar-refractivity contribution is 7.92. The lowest BCUT2D eigenvalue weighted by atomic mass is 10.1. The highest BCUT2D eigenvalue weighted by atomic mass is 32.2. The number of carbonyl (C=O) groups excluding carboxylic acids is 1. The summed E-state index contributed by atoms with van der Waals surface area (Å²) in [6.07, 6.45) is 3.40. The number of hydrogen-bond donors (Lipinski definition) is 1. The van der Waals surface area contributed by atoms with E-state index < -0.39 is 10.0 Å². The molecule has 2 aromatic rings. The molecule has 0 heterocycles. The first-order valence-corrected chi connectivity index (χ1v) is 11.7. The second kappa shape index (κ2) is 10.9. The normalized spacial score (nSPS) is 11.1. The van der Waals surface area contributed by atoms with Crippen molar-refractivity contribution < 1.29 is 17.9 Å². The lowest BCUT2D eigenvalue weighted by Gasteiger charge is -2.24. The molecular weight excluding hydrogens is 388 g/mol. The number of para-hydroxylation sites is 1. The second-order valence-corrected chi connectivity index (χ2v) is 8.69. The minimum Gasteiger partial charge on any atom is -0.494 e. The third-order valence-electron chi connectivity index (χ3n) is 4.53.